The van der Waals surface area contributed by atoms with Crippen LogP contribution >= 0.6 is 0 Å². The van der Waals surface area contributed by atoms with Gasteiger partial charge in [-0.25, -0.2) is 9.59 Å². The van der Waals surface area contributed by atoms with E-state index in [1.165, 1.54) is 12.3 Å². The van der Waals surface area contributed by atoms with Crippen LogP contribution in [0, 0.1) is 0 Å². The van der Waals surface area contributed by atoms with Gasteiger partial charge < -0.3 is 9.84 Å². The molecule has 0 saturated carbocycles. The molecule has 0 spiro atoms. The van der Waals surface area contributed by atoms with E-state index >= 15 is 0 Å². The van der Waals surface area contributed by atoms with Crippen LogP contribution in [0.25, 0.3) is 10.9 Å². The molecule has 0 radical (unpaired) electrons. The van der Waals surface area contributed by atoms with E-state index in [1.54, 1.807) is 24.3 Å². The zero-order valence-electron chi connectivity index (χ0n) is 9.87. The zero-order chi connectivity index (χ0) is 13.8. The van der Waals surface area contributed by atoms with Crippen molar-refractivity contribution in [2.75, 3.05) is 6.61 Å². The van der Waals surface area contributed by atoms with Crippen LogP contribution in [0.1, 0.15) is 0 Å². The fourth-order valence-corrected chi connectivity index (χ4v) is 1.73. The number of ether oxygens (including phenoxy) is 1. The Hall–Kier alpha value is -2.85. The summed E-state index contributed by atoms with van der Waals surface area (Å²) in [5.41, 5.74) is 0.656. The van der Waals surface area contributed by atoms with Crippen molar-refractivity contribution < 1.29 is 19.4 Å². The molecule has 0 aliphatic rings. The summed E-state index contributed by atoms with van der Waals surface area (Å²) in [6.07, 6.45) is 3.10. The van der Waals surface area contributed by atoms with Crippen molar-refractivity contribution in [1.82, 2.24) is 4.57 Å². The molecule has 1 aromatic heterocycles. The number of hydrogen-bond acceptors (Lipinski definition) is 4. The summed E-state index contributed by atoms with van der Waals surface area (Å²) in [4.78, 5) is 24.9. The number of nitrogens with zero attached hydrogens (tertiary/aromatic N) is 2. The van der Waals surface area contributed by atoms with Gasteiger partial charge in [0.25, 0.3) is 0 Å². The van der Waals surface area contributed by atoms with Crippen LogP contribution in [0.4, 0.5) is 10.5 Å². The first-order chi connectivity index (χ1) is 9.17. The quantitative estimate of drug-likeness (QED) is 0.519. The molecule has 0 bridgehead atoms. The third kappa shape index (κ3) is 2.38. The molecule has 0 saturated heterocycles. The lowest BCUT2D eigenvalue weighted by Gasteiger charge is -2.03. The van der Waals surface area contributed by atoms with Crippen LogP contribution in [0.5, 0.6) is 5.75 Å². The average Bonchev–Trinajstić information content (AvgIpc) is 2.75. The van der Waals surface area contributed by atoms with Gasteiger partial charge in [0.2, 0.25) is 6.08 Å². The molecule has 0 aliphatic heterocycles. The second-order valence-electron chi connectivity index (χ2n) is 3.65. The number of fused-ring (bicyclic) bond motifs is 1. The Morgan fingerprint density at radius 1 is 1.58 bits per heavy atom. The third-order valence-corrected chi connectivity index (χ3v) is 2.49. The van der Waals surface area contributed by atoms with Crippen LogP contribution in [0.3, 0.4) is 0 Å². The molecule has 96 valence electrons. The topological polar surface area (TPSA) is 80.9 Å². The van der Waals surface area contributed by atoms with Gasteiger partial charge in [-0.3, -0.25) is 4.57 Å². The Balaban J connectivity index is 2.61. The Morgan fingerprint density at radius 3 is 3.00 bits per heavy atom. The minimum absolute atomic E-state index is 0.233. The number of carbonyl (C=O) groups is 1. The summed E-state index contributed by atoms with van der Waals surface area (Å²) < 4.78 is 6.34. The molecular weight excluding hydrogens is 248 g/mol. The molecule has 19 heavy (non-hydrogen) atoms. The second kappa shape index (κ2) is 5.20. The van der Waals surface area contributed by atoms with E-state index in [4.69, 9.17) is 9.84 Å². The zero-order valence-corrected chi connectivity index (χ0v) is 9.87. The van der Waals surface area contributed by atoms with Gasteiger partial charge in [0.15, 0.2) is 0 Å². The summed E-state index contributed by atoms with van der Waals surface area (Å²) in [5.74, 6) is 0.540. The average molecular weight is 258 g/mol. The molecule has 6 heteroatoms. The number of aliphatic imine (C=N–C) groups is 1. The molecule has 1 heterocycles. The van der Waals surface area contributed by atoms with Gasteiger partial charge in [0, 0.05) is 11.6 Å². The molecule has 6 nitrogen and oxygen atoms in total. The highest BCUT2D eigenvalue weighted by Gasteiger charge is 2.13. The highest BCUT2D eigenvalue weighted by molar-refractivity contribution is 5.98. The van der Waals surface area contributed by atoms with Gasteiger partial charge in [-0.2, -0.15) is 4.99 Å². The van der Waals surface area contributed by atoms with E-state index in [-0.39, 0.29) is 5.69 Å². The molecule has 0 aliphatic carbocycles. The minimum atomic E-state index is -1.16. The first kappa shape index (κ1) is 12.6. The van der Waals surface area contributed by atoms with Crippen LogP contribution in [0.2, 0.25) is 0 Å². The summed E-state index contributed by atoms with van der Waals surface area (Å²) in [5, 5.41) is 9.56. The molecule has 1 N–H and O–H groups in total. The maximum atomic E-state index is 11.1. The van der Waals surface area contributed by atoms with E-state index in [0.29, 0.717) is 23.3 Å². The van der Waals surface area contributed by atoms with Crippen LogP contribution in [-0.2, 0) is 4.79 Å². The van der Waals surface area contributed by atoms with Gasteiger partial charge in [-0.15, -0.1) is 0 Å². The second-order valence-corrected chi connectivity index (χ2v) is 3.65. The Morgan fingerprint density at radius 2 is 2.37 bits per heavy atom. The molecule has 0 fully saturated rings. The van der Waals surface area contributed by atoms with Crippen molar-refractivity contribution in [3.8, 4) is 5.75 Å². The molecule has 0 amide bonds. The lowest BCUT2D eigenvalue weighted by molar-refractivity contribution is 0.197. The van der Waals surface area contributed by atoms with Crippen molar-refractivity contribution in [2.24, 2.45) is 4.99 Å². The highest BCUT2D eigenvalue weighted by Crippen LogP contribution is 2.31. The van der Waals surface area contributed by atoms with Crippen molar-refractivity contribution in [1.29, 1.82) is 0 Å². The monoisotopic (exact) mass is 258 g/mol. The van der Waals surface area contributed by atoms with E-state index < -0.39 is 6.09 Å². The number of benzene rings is 1. The van der Waals surface area contributed by atoms with Crippen molar-refractivity contribution >= 4 is 28.8 Å². The molecule has 2 rings (SSSR count). The fourth-order valence-electron chi connectivity index (χ4n) is 1.73. The van der Waals surface area contributed by atoms with Gasteiger partial charge in [-0.1, -0.05) is 12.7 Å². The largest absolute Gasteiger partial charge is 0.490 e. The number of carboxylic acid groups (broad SMARTS) is 1. The van der Waals surface area contributed by atoms with Crippen LogP contribution in [-0.4, -0.2) is 28.5 Å². The van der Waals surface area contributed by atoms with Gasteiger partial charge >= 0.3 is 6.09 Å². The molecule has 0 atom stereocenters. The molecule has 0 unspecified atom stereocenters. The van der Waals surface area contributed by atoms with E-state index in [2.05, 4.69) is 11.6 Å². The number of hydrogen-bond donors (Lipinski definition) is 1. The van der Waals surface area contributed by atoms with Gasteiger partial charge in [-0.05, 0) is 18.2 Å². The predicted octanol–water partition coefficient (Wildman–Crippen LogP) is 2.70. The van der Waals surface area contributed by atoms with E-state index in [0.717, 1.165) is 4.57 Å². The molecular formula is C13H10N2O4. The maximum absolute atomic E-state index is 11.1. The Kier molecular flexibility index (Phi) is 3.45. The first-order valence-corrected chi connectivity index (χ1v) is 5.37. The Bertz CT molecular complexity index is 696. The summed E-state index contributed by atoms with van der Waals surface area (Å²) in [6, 6.07) is 4.85. The number of isocyanates is 1. The van der Waals surface area contributed by atoms with Crippen LogP contribution < -0.4 is 4.74 Å². The normalized spacial score (nSPS) is 9.89. The summed E-state index contributed by atoms with van der Waals surface area (Å²) in [6.45, 7) is 3.87. The highest BCUT2D eigenvalue weighted by atomic mass is 16.5. The lowest BCUT2D eigenvalue weighted by Crippen LogP contribution is -2.05. The van der Waals surface area contributed by atoms with Crippen molar-refractivity contribution in [2.45, 2.75) is 0 Å². The minimum Gasteiger partial charge on any atom is -0.490 e. The van der Waals surface area contributed by atoms with E-state index in [9.17, 15) is 9.59 Å². The number of carbonyl (C=O) groups excluding carboxylic acids is 1. The first-order valence-electron chi connectivity index (χ1n) is 5.37. The van der Waals surface area contributed by atoms with Crippen molar-refractivity contribution in [3.63, 3.8) is 0 Å². The standard InChI is InChI=1S/C13H10N2O4/c1-2-5-19-9-3-4-12-10(6-9)11(14-8-16)7-15(12)13(17)18/h2-4,6-7H,1,5H2,(H,17,18). The SMILES string of the molecule is C=CCOc1ccc2c(c1)c(N=C=O)cn2C(=O)O. The summed E-state index contributed by atoms with van der Waals surface area (Å²) >= 11 is 0. The molecule has 2 aromatic rings. The van der Waals surface area contributed by atoms with Crippen LogP contribution in [0.15, 0.2) is 42.0 Å². The number of aromatic nitrogens is 1. The predicted molar refractivity (Wildman–Crippen MR) is 68.8 cm³/mol. The van der Waals surface area contributed by atoms with Gasteiger partial charge in [0.1, 0.15) is 18.0 Å². The number of rotatable bonds is 4. The van der Waals surface area contributed by atoms with E-state index in [1.807, 2.05) is 0 Å². The smallest absolute Gasteiger partial charge is 0.416 e. The molecule has 1 aromatic carbocycles. The Labute approximate surface area is 108 Å². The lowest BCUT2D eigenvalue weighted by atomic mass is 10.2. The summed E-state index contributed by atoms with van der Waals surface area (Å²) in [7, 11) is 0. The van der Waals surface area contributed by atoms with Gasteiger partial charge in [0.05, 0.1) is 5.52 Å². The van der Waals surface area contributed by atoms with Crippen molar-refractivity contribution in [3.05, 3.63) is 37.1 Å². The fraction of sp³-hybridized carbons (Fsp3) is 0.0769. The third-order valence-electron chi connectivity index (χ3n) is 2.49. The maximum Gasteiger partial charge on any atom is 0.416 e.